The van der Waals surface area contributed by atoms with E-state index >= 15 is 0 Å². The second-order valence-corrected chi connectivity index (χ2v) is 9.56. The maximum Gasteiger partial charge on any atom is 0.281 e. The van der Waals surface area contributed by atoms with E-state index in [0.29, 0.717) is 10.8 Å². The maximum absolute atomic E-state index is 13.3. The first-order valence-corrected chi connectivity index (χ1v) is 11.9. The monoisotopic (exact) mass is 515 g/mol. The van der Waals surface area contributed by atoms with Crippen molar-refractivity contribution >= 4 is 61.8 Å². The molecule has 3 aromatic carbocycles. The molecule has 0 radical (unpaired) electrons. The predicted molar refractivity (Wildman–Crippen MR) is 142 cm³/mol. The van der Waals surface area contributed by atoms with Crippen molar-refractivity contribution in [3.63, 3.8) is 0 Å². The molecule has 33 heavy (non-hydrogen) atoms. The van der Waals surface area contributed by atoms with Gasteiger partial charge in [-0.2, -0.15) is 0 Å². The summed E-state index contributed by atoms with van der Waals surface area (Å²) in [5.41, 5.74) is 6.82. The van der Waals surface area contributed by atoms with Crippen LogP contribution in [-0.4, -0.2) is 15.6 Å². The average Bonchev–Trinajstić information content (AvgIpc) is 3.27. The average molecular weight is 516 g/mol. The normalized spacial score (nSPS) is 15.0. The number of nitrogens with zero attached hydrogens (tertiary/aromatic N) is 2. The van der Waals surface area contributed by atoms with Crippen LogP contribution < -0.4 is 10.2 Å². The van der Waals surface area contributed by atoms with Crippen molar-refractivity contribution in [2.75, 3.05) is 4.90 Å². The van der Waals surface area contributed by atoms with Gasteiger partial charge in [-0.1, -0.05) is 52.3 Å². The molecule has 4 nitrogen and oxygen atoms in total. The van der Waals surface area contributed by atoms with Crippen LogP contribution in [-0.2, 0) is 11.3 Å². The predicted octanol–water partition coefficient (Wildman–Crippen LogP) is 6.33. The molecule has 0 spiro atoms. The van der Waals surface area contributed by atoms with E-state index in [2.05, 4.69) is 63.2 Å². The molecule has 1 aliphatic rings. The smallest absolute Gasteiger partial charge is 0.281 e. The van der Waals surface area contributed by atoms with E-state index in [1.807, 2.05) is 55.5 Å². The zero-order valence-electron chi connectivity index (χ0n) is 18.3. The van der Waals surface area contributed by atoms with E-state index in [1.165, 1.54) is 11.1 Å². The molecule has 0 atom stereocenters. The molecule has 1 saturated heterocycles. The van der Waals surface area contributed by atoms with E-state index in [0.717, 1.165) is 38.7 Å². The number of aryl methyl sites for hydroxylation is 2. The first-order valence-electron chi connectivity index (χ1n) is 10.7. The quantitative estimate of drug-likeness (QED) is 0.255. The van der Waals surface area contributed by atoms with Gasteiger partial charge in [-0.05, 0) is 79.2 Å². The zero-order valence-corrected chi connectivity index (χ0v) is 20.7. The Hall–Kier alpha value is -3.22. The molecule has 0 saturated carbocycles. The van der Waals surface area contributed by atoms with Crippen LogP contribution in [0.4, 0.5) is 5.69 Å². The first kappa shape index (κ1) is 21.6. The number of carbonyl (C=O) groups excluding carboxylic acids is 1. The zero-order chi connectivity index (χ0) is 23.1. The highest BCUT2D eigenvalue weighted by atomic mass is 79.9. The van der Waals surface area contributed by atoms with Crippen molar-refractivity contribution in [2.45, 2.75) is 20.4 Å². The fourth-order valence-electron chi connectivity index (χ4n) is 4.11. The van der Waals surface area contributed by atoms with Gasteiger partial charge in [0.1, 0.15) is 5.70 Å². The number of nitrogens with one attached hydrogen (secondary N) is 1. The largest absolute Gasteiger partial charge is 0.342 e. The van der Waals surface area contributed by atoms with E-state index in [-0.39, 0.29) is 5.91 Å². The molecular formula is C27H22BrN3OS. The minimum atomic E-state index is -0.151. The second-order valence-electron chi connectivity index (χ2n) is 8.26. The fourth-order valence-corrected chi connectivity index (χ4v) is 4.77. The van der Waals surface area contributed by atoms with Crippen molar-refractivity contribution in [3.8, 4) is 0 Å². The Morgan fingerprint density at radius 2 is 1.79 bits per heavy atom. The van der Waals surface area contributed by atoms with Gasteiger partial charge in [0.25, 0.3) is 5.91 Å². The van der Waals surface area contributed by atoms with Gasteiger partial charge in [0.15, 0.2) is 5.11 Å². The minimum Gasteiger partial charge on any atom is -0.342 e. The molecule has 6 heteroatoms. The lowest BCUT2D eigenvalue weighted by Gasteiger charge is -2.15. The molecular weight excluding hydrogens is 494 g/mol. The van der Waals surface area contributed by atoms with E-state index in [9.17, 15) is 4.79 Å². The van der Waals surface area contributed by atoms with Gasteiger partial charge in [-0.25, -0.2) is 0 Å². The number of benzene rings is 3. The van der Waals surface area contributed by atoms with Crippen LogP contribution in [0.15, 0.2) is 83.1 Å². The third kappa shape index (κ3) is 4.12. The molecule has 0 aliphatic carbocycles. The topological polar surface area (TPSA) is 37.3 Å². The highest BCUT2D eigenvalue weighted by molar-refractivity contribution is 9.10. The van der Waals surface area contributed by atoms with Crippen LogP contribution in [0.3, 0.4) is 0 Å². The first-order chi connectivity index (χ1) is 15.9. The van der Waals surface area contributed by atoms with Crippen LogP contribution in [0.25, 0.3) is 17.0 Å². The number of carbonyl (C=O) groups is 1. The molecule has 4 aromatic rings. The Morgan fingerprint density at radius 3 is 2.55 bits per heavy atom. The summed E-state index contributed by atoms with van der Waals surface area (Å²) in [5, 5.41) is 4.58. The molecule has 5 rings (SSSR count). The van der Waals surface area contributed by atoms with Crippen LogP contribution in [0, 0.1) is 13.8 Å². The lowest BCUT2D eigenvalue weighted by atomic mass is 10.1. The highest BCUT2D eigenvalue weighted by Gasteiger charge is 2.32. The number of rotatable bonds is 4. The number of thiocarbonyl (C=S) groups is 1. The Balaban J connectivity index is 1.54. The lowest BCUT2D eigenvalue weighted by Crippen LogP contribution is -2.30. The Morgan fingerprint density at radius 1 is 1.00 bits per heavy atom. The third-order valence-corrected chi connectivity index (χ3v) is 6.77. The number of amides is 1. The molecule has 1 fully saturated rings. The fraction of sp³-hybridized carbons (Fsp3) is 0.111. The number of hydrogen-bond donors (Lipinski definition) is 1. The van der Waals surface area contributed by atoms with Crippen LogP contribution >= 0.6 is 28.1 Å². The maximum atomic E-state index is 13.3. The van der Waals surface area contributed by atoms with Crippen molar-refractivity contribution in [3.05, 3.63) is 105 Å². The molecule has 1 aliphatic heterocycles. The van der Waals surface area contributed by atoms with Crippen molar-refractivity contribution in [1.29, 1.82) is 0 Å². The van der Waals surface area contributed by atoms with E-state index in [1.54, 1.807) is 4.90 Å². The molecule has 2 heterocycles. The molecule has 0 bridgehead atoms. The molecule has 1 N–H and O–H groups in total. The summed E-state index contributed by atoms with van der Waals surface area (Å²) in [5.74, 6) is -0.151. The number of aromatic nitrogens is 1. The number of anilines is 1. The van der Waals surface area contributed by atoms with Gasteiger partial charge in [0.2, 0.25) is 0 Å². The summed E-state index contributed by atoms with van der Waals surface area (Å²) in [6, 6.07) is 22.5. The van der Waals surface area contributed by atoms with Crippen molar-refractivity contribution in [2.24, 2.45) is 0 Å². The van der Waals surface area contributed by atoms with E-state index in [4.69, 9.17) is 12.2 Å². The van der Waals surface area contributed by atoms with Crippen LogP contribution in [0.2, 0.25) is 0 Å². The summed E-state index contributed by atoms with van der Waals surface area (Å²) in [6.07, 6.45) is 3.99. The van der Waals surface area contributed by atoms with Gasteiger partial charge in [0.05, 0.1) is 5.69 Å². The summed E-state index contributed by atoms with van der Waals surface area (Å²) in [7, 11) is 0. The molecule has 1 aromatic heterocycles. The van der Waals surface area contributed by atoms with Crippen LogP contribution in [0.1, 0.15) is 22.3 Å². The van der Waals surface area contributed by atoms with Crippen molar-refractivity contribution < 1.29 is 4.79 Å². The lowest BCUT2D eigenvalue weighted by molar-refractivity contribution is -0.113. The summed E-state index contributed by atoms with van der Waals surface area (Å²) >= 11 is 9.11. The highest BCUT2D eigenvalue weighted by Crippen LogP contribution is 2.30. The van der Waals surface area contributed by atoms with Gasteiger partial charge >= 0.3 is 0 Å². The molecule has 164 valence electrons. The second kappa shape index (κ2) is 8.61. The number of halogens is 1. The summed E-state index contributed by atoms with van der Waals surface area (Å²) in [4.78, 5) is 14.9. The Bertz CT molecular complexity index is 1440. The summed E-state index contributed by atoms with van der Waals surface area (Å²) < 4.78 is 3.20. The standard InChI is InChI=1S/C27H22BrN3OS/c1-17-8-10-22(12-18(17)2)31-26(32)24(29-27(31)33)13-20-16-30(15-19-6-4-3-5-7-19)25-11-9-21(28)14-23(20)25/h3-14,16H,15H2,1-2H3,(H,29,33)/b24-13-. The SMILES string of the molecule is Cc1ccc(N2C(=O)/C(=C/c3cn(Cc4ccccc4)c4ccc(Br)cc34)NC2=S)cc1C. The molecule has 1 amide bonds. The van der Waals surface area contributed by atoms with Gasteiger partial charge in [-0.15, -0.1) is 0 Å². The third-order valence-electron chi connectivity index (χ3n) is 6.00. The van der Waals surface area contributed by atoms with Gasteiger partial charge in [0, 0.05) is 33.7 Å². The number of fused-ring (bicyclic) bond motifs is 1. The minimum absolute atomic E-state index is 0.151. The van der Waals surface area contributed by atoms with E-state index < -0.39 is 0 Å². The number of hydrogen-bond acceptors (Lipinski definition) is 2. The van der Waals surface area contributed by atoms with Crippen molar-refractivity contribution in [1.82, 2.24) is 9.88 Å². The van der Waals surface area contributed by atoms with Gasteiger partial charge in [-0.3, -0.25) is 9.69 Å². The Labute approximate surface area is 206 Å². The Kier molecular flexibility index (Phi) is 5.64. The van der Waals surface area contributed by atoms with Gasteiger partial charge < -0.3 is 9.88 Å². The van der Waals surface area contributed by atoms with Crippen LogP contribution in [0.5, 0.6) is 0 Å². The summed E-state index contributed by atoms with van der Waals surface area (Å²) in [6.45, 7) is 4.83. The molecule has 0 unspecified atom stereocenters.